The van der Waals surface area contributed by atoms with Gasteiger partial charge in [0.1, 0.15) is 6.33 Å². The molecule has 2 aromatic rings. The summed E-state index contributed by atoms with van der Waals surface area (Å²) in [5.41, 5.74) is 0.00637. The zero-order valence-electron chi connectivity index (χ0n) is 7.89. The van der Waals surface area contributed by atoms with Crippen molar-refractivity contribution in [3.63, 3.8) is 0 Å². The number of nitrogens with zero attached hydrogens (tertiary/aromatic N) is 2. The smallest absolute Gasteiger partial charge is 0.356 e. The van der Waals surface area contributed by atoms with E-state index in [1.807, 2.05) is 0 Å². The molecule has 2 rings (SSSR count). The van der Waals surface area contributed by atoms with Gasteiger partial charge in [0.2, 0.25) is 0 Å². The number of benzene rings is 1. The number of aromatic nitrogens is 2. The summed E-state index contributed by atoms with van der Waals surface area (Å²) < 4.78 is 14.8. The van der Waals surface area contributed by atoms with E-state index in [0.29, 0.717) is 0 Å². The Bertz CT molecular complexity index is 554. The summed E-state index contributed by atoms with van der Waals surface area (Å²) in [6.45, 7) is 0. The molecule has 16 heavy (non-hydrogen) atoms. The summed E-state index contributed by atoms with van der Waals surface area (Å²) in [5, 5.41) is 8.65. The molecular formula is C10H6ClFN2O2. The van der Waals surface area contributed by atoms with E-state index in [9.17, 15) is 9.18 Å². The van der Waals surface area contributed by atoms with Crippen LogP contribution >= 0.6 is 11.6 Å². The molecule has 0 aliphatic carbocycles. The van der Waals surface area contributed by atoms with E-state index in [-0.39, 0.29) is 16.4 Å². The molecular weight excluding hydrogens is 235 g/mol. The minimum atomic E-state index is -1.17. The lowest BCUT2D eigenvalue weighted by Gasteiger charge is -2.03. The largest absolute Gasteiger partial charge is 0.476 e. The molecule has 82 valence electrons. The second-order valence-corrected chi connectivity index (χ2v) is 3.45. The highest BCUT2D eigenvalue weighted by Gasteiger charge is 2.11. The number of halogens is 2. The molecule has 0 saturated heterocycles. The lowest BCUT2D eigenvalue weighted by atomic mass is 10.3. The molecule has 0 saturated carbocycles. The van der Waals surface area contributed by atoms with Crippen molar-refractivity contribution in [2.45, 2.75) is 0 Å². The van der Waals surface area contributed by atoms with E-state index in [4.69, 9.17) is 16.7 Å². The second kappa shape index (κ2) is 3.94. The highest BCUT2D eigenvalue weighted by molar-refractivity contribution is 6.30. The van der Waals surface area contributed by atoms with E-state index in [2.05, 4.69) is 4.98 Å². The first-order valence-corrected chi connectivity index (χ1v) is 4.69. The van der Waals surface area contributed by atoms with E-state index >= 15 is 0 Å². The van der Waals surface area contributed by atoms with Gasteiger partial charge in [0.05, 0.1) is 10.7 Å². The Kier molecular flexibility index (Phi) is 2.62. The third kappa shape index (κ3) is 1.77. The number of carbonyl (C=O) groups is 1. The van der Waals surface area contributed by atoms with Gasteiger partial charge in [-0.2, -0.15) is 0 Å². The van der Waals surface area contributed by atoms with Crippen LogP contribution in [0.15, 0.2) is 30.7 Å². The minimum Gasteiger partial charge on any atom is -0.476 e. The molecule has 0 aliphatic heterocycles. The van der Waals surface area contributed by atoms with Gasteiger partial charge in [-0.1, -0.05) is 17.7 Å². The van der Waals surface area contributed by atoms with Crippen molar-refractivity contribution in [1.29, 1.82) is 0 Å². The third-order valence-electron chi connectivity index (χ3n) is 2.01. The first-order valence-electron chi connectivity index (χ1n) is 4.31. The maximum Gasteiger partial charge on any atom is 0.356 e. The van der Waals surface area contributed by atoms with Crippen LogP contribution in [0.2, 0.25) is 5.02 Å². The van der Waals surface area contributed by atoms with Gasteiger partial charge in [-0.25, -0.2) is 14.2 Å². The van der Waals surface area contributed by atoms with Crippen LogP contribution in [0, 0.1) is 5.82 Å². The van der Waals surface area contributed by atoms with Gasteiger partial charge < -0.3 is 9.67 Å². The van der Waals surface area contributed by atoms with Crippen LogP contribution in [0.4, 0.5) is 4.39 Å². The van der Waals surface area contributed by atoms with Crippen LogP contribution in [0.25, 0.3) is 5.69 Å². The van der Waals surface area contributed by atoms with Gasteiger partial charge in [-0.15, -0.1) is 0 Å². The molecule has 0 unspecified atom stereocenters. The van der Waals surface area contributed by atoms with Crippen LogP contribution in [-0.4, -0.2) is 20.6 Å². The number of imidazole rings is 1. The Morgan fingerprint density at radius 2 is 2.25 bits per heavy atom. The number of aromatic carboxylic acids is 1. The first kappa shape index (κ1) is 10.6. The number of rotatable bonds is 2. The van der Waals surface area contributed by atoms with Crippen molar-refractivity contribution < 1.29 is 14.3 Å². The quantitative estimate of drug-likeness (QED) is 0.877. The Hall–Kier alpha value is -1.88. The average molecular weight is 241 g/mol. The topological polar surface area (TPSA) is 55.1 Å². The van der Waals surface area contributed by atoms with Crippen molar-refractivity contribution in [2.75, 3.05) is 0 Å². The zero-order valence-corrected chi connectivity index (χ0v) is 8.65. The van der Waals surface area contributed by atoms with Gasteiger partial charge in [0.15, 0.2) is 11.5 Å². The molecule has 1 heterocycles. The fraction of sp³-hybridized carbons (Fsp3) is 0. The predicted molar refractivity (Wildman–Crippen MR) is 55.5 cm³/mol. The van der Waals surface area contributed by atoms with Crippen molar-refractivity contribution >= 4 is 17.6 Å². The zero-order chi connectivity index (χ0) is 11.7. The second-order valence-electron chi connectivity index (χ2n) is 3.04. The maximum absolute atomic E-state index is 13.6. The molecule has 1 N–H and O–H groups in total. The van der Waals surface area contributed by atoms with Gasteiger partial charge in [0, 0.05) is 6.20 Å². The van der Waals surface area contributed by atoms with Crippen LogP contribution in [0.5, 0.6) is 0 Å². The summed E-state index contributed by atoms with van der Waals surface area (Å²) >= 11 is 5.61. The Labute approximate surface area is 94.9 Å². The molecule has 6 heteroatoms. The van der Waals surface area contributed by atoms with E-state index < -0.39 is 11.8 Å². The van der Waals surface area contributed by atoms with Gasteiger partial charge in [0.25, 0.3) is 0 Å². The summed E-state index contributed by atoms with van der Waals surface area (Å²) in [6, 6.07) is 4.46. The van der Waals surface area contributed by atoms with Crippen molar-refractivity contribution in [3.8, 4) is 5.69 Å². The molecule has 0 radical (unpaired) electrons. The molecule has 0 amide bonds. The number of carboxylic acid groups (broad SMARTS) is 1. The van der Waals surface area contributed by atoms with Crippen LogP contribution in [0.3, 0.4) is 0 Å². The van der Waals surface area contributed by atoms with Crippen molar-refractivity contribution in [3.05, 3.63) is 47.3 Å². The monoisotopic (exact) mass is 240 g/mol. The average Bonchev–Trinajstić information content (AvgIpc) is 2.71. The lowest BCUT2D eigenvalue weighted by Crippen LogP contribution is -1.97. The fourth-order valence-electron chi connectivity index (χ4n) is 1.26. The molecule has 0 atom stereocenters. The normalized spacial score (nSPS) is 10.4. The van der Waals surface area contributed by atoms with Crippen LogP contribution in [0.1, 0.15) is 10.5 Å². The minimum absolute atomic E-state index is 0.0249. The van der Waals surface area contributed by atoms with Gasteiger partial charge >= 0.3 is 5.97 Å². The predicted octanol–water partition coefficient (Wildman–Crippen LogP) is 2.36. The molecule has 0 aliphatic rings. The van der Waals surface area contributed by atoms with Crippen molar-refractivity contribution in [2.24, 2.45) is 0 Å². The number of hydrogen-bond acceptors (Lipinski definition) is 2. The molecule has 0 spiro atoms. The fourth-order valence-corrected chi connectivity index (χ4v) is 1.43. The maximum atomic E-state index is 13.6. The van der Waals surface area contributed by atoms with Crippen LogP contribution < -0.4 is 0 Å². The van der Waals surface area contributed by atoms with Crippen molar-refractivity contribution in [1.82, 2.24) is 9.55 Å². The molecule has 0 bridgehead atoms. The lowest BCUT2D eigenvalue weighted by molar-refractivity contribution is 0.0691. The Morgan fingerprint density at radius 1 is 1.50 bits per heavy atom. The van der Waals surface area contributed by atoms with E-state index in [1.165, 1.54) is 29.2 Å². The molecule has 1 aromatic heterocycles. The summed E-state index contributed by atoms with van der Waals surface area (Å²) in [4.78, 5) is 14.2. The summed E-state index contributed by atoms with van der Waals surface area (Å²) in [5.74, 6) is -1.78. The van der Waals surface area contributed by atoms with E-state index in [0.717, 1.165) is 0 Å². The summed E-state index contributed by atoms with van der Waals surface area (Å²) in [6.07, 6.45) is 2.44. The SMILES string of the molecule is O=C(O)c1cn(-c2cccc(Cl)c2F)cn1. The van der Waals surface area contributed by atoms with Crippen LogP contribution in [-0.2, 0) is 0 Å². The van der Waals surface area contributed by atoms with Gasteiger partial charge in [-0.05, 0) is 12.1 Å². The number of carboxylic acids is 1. The van der Waals surface area contributed by atoms with Gasteiger partial charge in [-0.3, -0.25) is 0 Å². The molecule has 4 nitrogen and oxygen atoms in total. The van der Waals surface area contributed by atoms with E-state index in [1.54, 1.807) is 6.07 Å². The number of hydrogen-bond donors (Lipinski definition) is 1. The third-order valence-corrected chi connectivity index (χ3v) is 2.30. The Morgan fingerprint density at radius 3 is 2.88 bits per heavy atom. The Balaban J connectivity index is 2.50. The molecule has 1 aromatic carbocycles. The highest BCUT2D eigenvalue weighted by Crippen LogP contribution is 2.21. The first-order chi connectivity index (χ1) is 7.59. The standard InChI is InChI=1S/C10H6ClFN2O2/c11-6-2-1-3-8(9(6)12)14-4-7(10(15)16)13-5-14/h1-5H,(H,15,16). The summed E-state index contributed by atoms with van der Waals surface area (Å²) in [7, 11) is 0. The highest BCUT2D eigenvalue weighted by atomic mass is 35.5. The molecule has 0 fully saturated rings.